The molecule has 4 heteroatoms. The van der Waals surface area contributed by atoms with Gasteiger partial charge in [-0.15, -0.1) is 0 Å². The van der Waals surface area contributed by atoms with E-state index in [2.05, 4.69) is 50.8 Å². The Labute approximate surface area is 174 Å². The van der Waals surface area contributed by atoms with Crippen LogP contribution in [-0.4, -0.2) is 22.6 Å². The van der Waals surface area contributed by atoms with Crippen molar-refractivity contribution in [3.05, 3.63) is 52.6 Å². The van der Waals surface area contributed by atoms with Gasteiger partial charge in [-0.1, -0.05) is 51.2 Å². The Morgan fingerprint density at radius 3 is 2.54 bits per heavy atom. The van der Waals surface area contributed by atoms with E-state index in [0.29, 0.717) is 5.92 Å². The molecule has 0 amide bonds. The molecular weight excluding hydrogens is 366 g/mol. The zero-order valence-corrected chi connectivity index (χ0v) is 18.6. The Morgan fingerprint density at radius 1 is 1.25 bits per heavy atom. The summed E-state index contributed by atoms with van der Waals surface area (Å²) >= 11 is 5.54. The highest BCUT2D eigenvalue weighted by Gasteiger charge is 2.50. The third-order valence-electron chi connectivity index (χ3n) is 6.56. The Bertz CT molecular complexity index is 896. The van der Waals surface area contributed by atoms with Crippen LogP contribution in [0.4, 0.5) is 5.69 Å². The van der Waals surface area contributed by atoms with E-state index in [1.54, 1.807) is 0 Å². The van der Waals surface area contributed by atoms with E-state index in [-0.39, 0.29) is 10.8 Å². The highest BCUT2D eigenvalue weighted by atomic mass is 32.1. The van der Waals surface area contributed by atoms with Gasteiger partial charge in [0.1, 0.15) is 0 Å². The monoisotopic (exact) mass is 397 g/mol. The maximum Gasteiger partial charge on any atom is 0.328 e. The molecule has 1 saturated carbocycles. The van der Waals surface area contributed by atoms with Gasteiger partial charge in [-0.2, -0.15) is 0 Å². The van der Waals surface area contributed by atoms with Crippen LogP contribution in [0.2, 0.25) is 0 Å². The molecule has 1 aliphatic heterocycles. The fourth-order valence-electron chi connectivity index (χ4n) is 4.55. The van der Waals surface area contributed by atoms with Gasteiger partial charge in [0.15, 0.2) is 0 Å². The number of hydrogen-bond acceptors (Lipinski definition) is 2. The van der Waals surface area contributed by atoms with Crippen molar-refractivity contribution in [2.45, 2.75) is 65.2 Å². The van der Waals surface area contributed by atoms with Crippen LogP contribution in [0.3, 0.4) is 0 Å². The standard InChI is InChI=1S/C24H31NO2S/c1-15(11-22(26)27)7-8-18-14-24(18,6)19-13-21-20(12-16(19)2)23(4,5)9-10-25(21)17(3)28/h7-8,11-13,18H,9-10,14H2,1-6H3,(H,26,27)/b8-7+,15-11+/t18?,24-/m0/s1. The summed E-state index contributed by atoms with van der Waals surface area (Å²) in [5, 5.41) is 8.88. The van der Waals surface area contributed by atoms with Gasteiger partial charge in [-0.05, 0) is 78.7 Å². The molecule has 2 aliphatic rings. The number of aliphatic carboxylic acids is 1. The number of rotatable bonds is 4. The van der Waals surface area contributed by atoms with Crippen molar-refractivity contribution >= 4 is 28.9 Å². The van der Waals surface area contributed by atoms with Gasteiger partial charge < -0.3 is 10.0 Å². The number of nitrogens with zero attached hydrogens (tertiary/aromatic N) is 1. The van der Waals surface area contributed by atoms with Gasteiger partial charge in [0.05, 0.1) is 4.99 Å². The Balaban J connectivity index is 1.96. The quantitative estimate of drug-likeness (QED) is 0.402. The number of allylic oxidation sites excluding steroid dienone is 3. The number of carboxylic acid groups (broad SMARTS) is 1. The first kappa shape index (κ1) is 20.8. The van der Waals surface area contributed by atoms with E-state index in [9.17, 15) is 4.79 Å². The largest absolute Gasteiger partial charge is 0.478 e. The number of hydrogen-bond donors (Lipinski definition) is 1. The van der Waals surface area contributed by atoms with Crippen molar-refractivity contribution in [1.82, 2.24) is 0 Å². The smallest absolute Gasteiger partial charge is 0.328 e. The molecule has 1 N–H and O–H groups in total. The van der Waals surface area contributed by atoms with Crippen LogP contribution in [0.15, 0.2) is 35.9 Å². The molecule has 28 heavy (non-hydrogen) atoms. The third kappa shape index (κ3) is 3.80. The van der Waals surface area contributed by atoms with Gasteiger partial charge in [0.2, 0.25) is 0 Å². The first-order valence-electron chi connectivity index (χ1n) is 9.99. The Morgan fingerprint density at radius 2 is 1.93 bits per heavy atom. The number of carbonyl (C=O) groups is 1. The molecule has 1 aliphatic carbocycles. The lowest BCUT2D eigenvalue weighted by molar-refractivity contribution is -0.131. The molecular formula is C24H31NO2S. The molecule has 0 spiro atoms. The number of carboxylic acids is 1. The van der Waals surface area contributed by atoms with E-state index in [0.717, 1.165) is 29.9 Å². The van der Waals surface area contributed by atoms with E-state index in [4.69, 9.17) is 17.3 Å². The molecule has 0 radical (unpaired) electrons. The van der Waals surface area contributed by atoms with Crippen LogP contribution < -0.4 is 4.90 Å². The second-order valence-electron chi connectivity index (χ2n) is 9.30. The summed E-state index contributed by atoms with van der Waals surface area (Å²) < 4.78 is 0. The minimum Gasteiger partial charge on any atom is -0.478 e. The molecule has 3 rings (SSSR count). The van der Waals surface area contributed by atoms with Crippen molar-refractivity contribution in [2.75, 3.05) is 11.4 Å². The summed E-state index contributed by atoms with van der Waals surface area (Å²) in [6, 6.07) is 4.74. The topological polar surface area (TPSA) is 40.5 Å². The molecule has 1 fully saturated rings. The molecule has 1 heterocycles. The van der Waals surface area contributed by atoms with E-state index < -0.39 is 5.97 Å². The highest BCUT2D eigenvalue weighted by molar-refractivity contribution is 7.80. The zero-order chi connectivity index (χ0) is 20.9. The van der Waals surface area contributed by atoms with Crippen LogP contribution in [0.5, 0.6) is 0 Å². The molecule has 0 bridgehead atoms. The van der Waals surface area contributed by atoms with Gasteiger partial charge in [0.25, 0.3) is 0 Å². The Kier molecular flexibility index (Phi) is 5.30. The molecule has 1 aromatic carbocycles. The van der Waals surface area contributed by atoms with Crippen molar-refractivity contribution in [2.24, 2.45) is 5.92 Å². The molecule has 0 saturated heterocycles. The summed E-state index contributed by atoms with van der Waals surface area (Å²) in [5.74, 6) is -0.468. The Hall–Kier alpha value is -1.94. The van der Waals surface area contributed by atoms with Crippen molar-refractivity contribution in [3.63, 3.8) is 0 Å². The average Bonchev–Trinajstić information content (AvgIpc) is 3.23. The van der Waals surface area contributed by atoms with Gasteiger partial charge >= 0.3 is 5.97 Å². The molecule has 1 unspecified atom stereocenters. The fourth-order valence-corrected chi connectivity index (χ4v) is 4.74. The predicted octanol–water partition coefficient (Wildman–Crippen LogP) is 5.69. The van der Waals surface area contributed by atoms with E-state index in [1.807, 2.05) is 19.9 Å². The zero-order valence-electron chi connectivity index (χ0n) is 17.8. The molecule has 0 aromatic heterocycles. The minimum absolute atomic E-state index is 0.0989. The first-order valence-corrected chi connectivity index (χ1v) is 10.4. The normalized spacial score (nSPS) is 26.3. The highest BCUT2D eigenvalue weighted by Crippen LogP contribution is 2.57. The predicted molar refractivity (Wildman–Crippen MR) is 120 cm³/mol. The number of benzene rings is 1. The number of anilines is 1. The number of aryl methyl sites for hydroxylation is 1. The molecule has 150 valence electrons. The lowest BCUT2D eigenvalue weighted by atomic mass is 9.75. The molecule has 1 aromatic rings. The van der Waals surface area contributed by atoms with Crippen LogP contribution in [0, 0.1) is 12.8 Å². The van der Waals surface area contributed by atoms with E-state index in [1.165, 1.54) is 28.5 Å². The van der Waals surface area contributed by atoms with Crippen molar-refractivity contribution < 1.29 is 9.90 Å². The molecule has 3 nitrogen and oxygen atoms in total. The summed E-state index contributed by atoms with van der Waals surface area (Å²) in [7, 11) is 0. The SMILES string of the molecule is CC(=S)N1CCC(C)(C)c2cc(C)c([C@@]3(C)CC3/C=C/C(C)=C/C(=O)O)cc21. The summed E-state index contributed by atoms with van der Waals surface area (Å²) in [4.78, 5) is 14.0. The van der Waals surface area contributed by atoms with Gasteiger partial charge in [-0.3, -0.25) is 0 Å². The minimum atomic E-state index is -0.899. The second kappa shape index (κ2) is 7.14. The van der Waals surface area contributed by atoms with Crippen molar-refractivity contribution in [1.29, 1.82) is 0 Å². The average molecular weight is 398 g/mol. The third-order valence-corrected chi connectivity index (χ3v) is 6.78. The second-order valence-corrected chi connectivity index (χ2v) is 9.89. The summed E-state index contributed by atoms with van der Waals surface area (Å²) in [6.45, 7) is 14.0. The van der Waals surface area contributed by atoms with E-state index >= 15 is 0 Å². The maximum atomic E-state index is 10.8. The maximum absolute atomic E-state index is 10.8. The van der Waals surface area contributed by atoms with Crippen molar-refractivity contribution in [3.8, 4) is 0 Å². The van der Waals surface area contributed by atoms with Crippen LogP contribution in [0.1, 0.15) is 64.2 Å². The van der Waals surface area contributed by atoms with Gasteiger partial charge in [-0.25, -0.2) is 4.79 Å². The lowest BCUT2D eigenvalue weighted by Gasteiger charge is -2.41. The van der Waals surface area contributed by atoms with Crippen LogP contribution in [-0.2, 0) is 15.6 Å². The first-order chi connectivity index (χ1) is 13.0. The molecule has 2 atom stereocenters. The summed E-state index contributed by atoms with van der Waals surface area (Å²) in [6.07, 6.45) is 7.55. The van der Waals surface area contributed by atoms with Crippen LogP contribution >= 0.6 is 12.2 Å². The number of thiocarbonyl (C=S) groups is 1. The van der Waals surface area contributed by atoms with Crippen LogP contribution in [0.25, 0.3) is 0 Å². The number of fused-ring (bicyclic) bond motifs is 1. The summed E-state index contributed by atoms with van der Waals surface area (Å²) in [5.41, 5.74) is 6.41. The van der Waals surface area contributed by atoms with Gasteiger partial charge in [0, 0.05) is 18.3 Å². The lowest BCUT2D eigenvalue weighted by Crippen LogP contribution is -2.39. The fraction of sp³-hybridized carbons (Fsp3) is 0.500.